The Morgan fingerprint density at radius 1 is 1.00 bits per heavy atom. The van der Waals surface area contributed by atoms with E-state index in [1.807, 2.05) is 0 Å². The maximum absolute atomic E-state index is 9.48. The number of rotatable bonds is 6. The van der Waals surface area contributed by atoms with Crippen LogP contribution in [0.5, 0.6) is 0 Å². The molecule has 2 unspecified atom stereocenters. The zero-order valence-electron chi connectivity index (χ0n) is 13.2. The van der Waals surface area contributed by atoms with Crippen LogP contribution in [0.4, 0.5) is 0 Å². The lowest BCUT2D eigenvalue weighted by atomic mass is 9.95. The molecular weight excluding hydrogens is 234 g/mol. The largest absolute Gasteiger partial charge is 0.395 e. The van der Waals surface area contributed by atoms with Crippen LogP contribution in [0.2, 0.25) is 0 Å². The van der Waals surface area contributed by atoms with Crippen molar-refractivity contribution in [2.75, 3.05) is 6.61 Å². The molecule has 108 valence electrons. The number of aliphatic hydroxyl groups is 1. The molecule has 0 aliphatic rings. The van der Waals surface area contributed by atoms with E-state index in [0.717, 1.165) is 6.42 Å². The van der Waals surface area contributed by atoms with Gasteiger partial charge < -0.3 is 10.4 Å². The molecule has 2 nitrogen and oxygen atoms in total. The molecule has 0 bridgehead atoms. The summed E-state index contributed by atoms with van der Waals surface area (Å²) in [6.45, 7) is 13.2. The van der Waals surface area contributed by atoms with Crippen LogP contribution < -0.4 is 5.32 Å². The third kappa shape index (κ3) is 4.63. The quantitative estimate of drug-likeness (QED) is 0.821. The molecule has 19 heavy (non-hydrogen) atoms. The standard InChI is InChI=1S/C17H29NO/c1-11(2)7-16(10-19)18-15(6)17-9-13(4)12(3)8-14(17)5/h8-9,11,15-16,18-19H,7,10H2,1-6H3. The highest BCUT2D eigenvalue weighted by Crippen LogP contribution is 2.22. The average Bonchev–Trinajstić information content (AvgIpc) is 2.32. The Hall–Kier alpha value is -0.860. The first kappa shape index (κ1) is 16.2. The van der Waals surface area contributed by atoms with E-state index in [9.17, 15) is 5.11 Å². The second kappa shape index (κ2) is 7.06. The molecule has 0 saturated carbocycles. The fourth-order valence-corrected chi connectivity index (χ4v) is 2.66. The number of aryl methyl sites for hydroxylation is 3. The fourth-order valence-electron chi connectivity index (χ4n) is 2.66. The summed E-state index contributed by atoms with van der Waals surface area (Å²) < 4.78 is 0. The Kier molecular flexibility index (Phi) is 6.02. The minimum Gasteiger partial charge on any atom is -0.395 e. The van der Waals surface area contributed by atoms with E-state index in [1.54, 1.807) is 0 Å². The number of hydrogen-bond donors (Lipinski definition) is 2. The van der Waals surface area contributed by atoms with Crippen molar-refractivity contribution < 1.29 is 5.11 Å². The van der Waals surface area contributed by atoms with Crippen molar-refractivity contribution in [3.63, 3.8) is 0 Å². The summed E-state index contributed by atoms with van der Waals surface area (Å²) in [6, 6.07) is 4.97. The van der Waals surface area contributed by atoms with E-state index < -0.39 is 0 Å². The molecule has 1 aromatic carbocycles. The molecule has 0 heterocycles. The summed E-state index contributed by atoms with van der Waals surface area (Å²) in [5, 5.41) is 13.0. The van der Waals surface area contributed by atoms with Crippen LogP contribution in [-0.4, -0.2) is 17.8 Å². The number of aliphatic hydroxyl groups excluding tert-OH is 1. The second-order valence-corrected chi connectivity index (χ2v) is 6.19. The lowest BCUT2D eigenvalue weighted by molar-refractivity contribution is 0.215. The Bertz CT molecular complexity index is 412. The van der Waals surface area contributed by atoms with Gasteiger partial charge in [-0.05, 0) is 62.3 Å². The first-order chi connectivity index (χ1) is 8.85. The summed E-state index contributed by atoms with van der Waals surface area (Å²) in [5.41, 5.74) is 5.34. The van der Waals surface area contributed by atoms with E-state index in [-0.39, 0.29) is 18.7 Å². The molecule has 0 saturated heterocycles. The highest BCUT2D eigenvalue weighted by atomic mass is 16.3. The average molecular weight is 263 g/mol. The maximum Gasteiger partial charge on any atom is 0.0584 e. The van der Waals surface area contributed by atoms with Crippen molar-refractivity contribution in [3.8, 4) is 0 Å². The van der Waals surface area contributed by atoms with Gasteiger partial charge in [-0.15, -0.1) is 0 Å². The van der Waals surface area contributed by atoms with E-state index in [0.29, 0.717) is 5.92 Å². The minimum atomic E-state index is 0.177. The summed E-state index contributed by atoms with van der Waals surface area (Å²) >= 11 is 0. The summed E-state index contributed by atoms with van der Waals surface area (Å²) in [4.78, 5) is 0. The molecule has 2 heteroatoms. The van der Waals surface area contributed by atoms with E-state index in [1.165, 1.54) is 22.3 Å². The number of nitrogens with one attached hydrogen (secondary N) is 1. The molecule has 1 aromatic rings. The Balaban J connectivity index is 2.82. The third-order valence-electron chi connectivity index (χ3n) is 3.81. The Labute approximate surface area is 118 Å². The van der Waals surface area contributed by atoms with Crippen molar-refractivity contribution in [2.24, 2.45) is 5.92 Å². The van der Waals surface area contributed by atoms with Crippen molar-refractivity contribution >= 4 is 0 Å². The summed E-state index contributed by atoms with van der Waals surface area (Å²) in [7, 11) is 0. The third-order valence-corrected chi connectivity index (χ3v) is 3.81. The molecule has 0 radical (unpaired) electrons. The van der Waals surface area contributed by atoms with Crippen molar-refractivity contribution in [2.45, 2.75) is 60.0 Å². The van der Waals surface area contributed by atoms with Crippen LogP contribution in [0.1, 0.15) is 55.5 Å². The predicted octanol–water partition coefficient (Wildman–Crippen LogP) is 3.67. The highest BCUT2D eigenvalue weighted by Gasteiger charge is 2.16. The monoisotopic (exact) mass is 263 g/mol. The molecule has 0 spiro atoms. The molecule has 0 aliphatic heterocycles. The van der Waals surface area contributed by atoms with Crippen LogP contribution in [0.15, 0.2) is 12.1 Å². The topological polar surface area (TPSA) is 32.3 Å². The van der Waals surface area contributed by atoms with Crippen LogP contribution in [0.25, 0.3) is 0 Å². The molecular formula is C17H29NO. The van der Waals surface area contributed by atoms with Gasteiger partial charge in [0.15, 0.2) is 0 Å². The van der Waals surface area contributed by atoms with Gasteiger partial charge in [0.05, 0.1) is 6.61 Å². The number of hydrogen-bond acceptors (Lipinski definition) is 2. The Morgan fingerprint density at radius 2 is 1.58 bits per heavy atom. The molecule has 0 aromatic heterocycles. The molecule has 1 rings (SSSR count). The highest BCUT2D eigenvalue weighted by molar-refractivity contribution is 5.38. The van der Waals surface area contributed by atoms with Crippen LogP contribution in [-0.2, 0) is 0 Å². The SMILES string of the molecule is Cc1cc(C)c(C(C)NC(CO)CC(C)C)cc1C. The van der Waals surface area contributed by atoms with Gasteiger partial charge in [0.1, 0.15) is 0 Å². The second-order valence-electron chi connectivity index (χ2n) is 6.19. The molecule has 0 amide bonds. The van der Waals surface area contributed by atoms with Crippen molar-refractivity contribution in [3.05, 3.63) is 34.4 Å². The van der Waals surface area contributed by atoms with Gasteiger partial charge in [-0.3, -0.25) is 0 Å². The van der Waals surface area contributed by atoms with Gasteiger partial charge >= 0.3 is 0 Å². The van der Waals surface area contributed by atoms with Crippen LogP contribution >= 0.6 is 0 Å². The van der Waals surface area contributed by atoms with Crippen molar-refractivity contribution in [1.29, 1.82) is 0 Å². The molecule has 0 fully saturated rings. The van der Waals surface area contributed by atoms with Crippen LogP contribution in [0, 0.1) is 26.7 Å². The molecule has 2 atom stereocenters. The van der Waals surface area contributed by atoms with Gasteiger partial charge in [0.2, 0.25) is 0 Å². The normalized spacial score (nSPS) is 14.7. The van der Waals surface area contributed by atoms with Crippen molar-refractivity contribution in [1.82, 2.24) is 5.32 Å². The van der Waals surface area contributed by atoms with Gasteiger partial charge in [-0.25, -0.2) is 0 Å². The van der Waals surface area contributed by atoms with Gasteiger partial charge in [-0.2, -0.15) is 0 Å². The zero-order chi connectivity index (χ0) is 14.6. The lowest BCUT2D eigenvalue weighted by Crippen LogP contribution is -2.36. The van der Waals surface area contributed by atoms with Gasteiger partial charge in [-0.1, -0.05) is 26.0 Å². The maximum atomic E-state index is 9.48. The smallest absolute Gasteiger partial charge is 0.0584 e. The molecule has 2 N–H and O–H groups in total. The first-order valence-electron chi connectivity index (χ1n) is 7.29. The number of benzene rings is 1. The van der Waals surface area contributed by atoms with Crippen LogP contribution in [0.3, 0.4) is 0 Å². The predicted molar refractivity (Wildman–Crippen MR) is 82.5 cm³/mol. The summed E-state index contributed by atoms with van der Waals surface area (Å²) in [6.07, 6.45) is 1.00. The Morgan fingerprint density at radius 3 is 2.11 bits per heavy atom. The molecule has 0 aliphatic carbocycles. The zero-order valence-corrected chi connectivity index (χ0v) is 13.2. The summed E-state index contributed by atoms with van der Waals surface area (Å²) in [5.74, 6) is 0.595. The van der Waals surface area contributed by atoms with Gasteiger partial charge in [0, 0.05) is 12.1 Å². The van der Waals surface area contributed by atoms with E-state index >= 15 is 0 Å². The van der Waals surface area contributed by atoms with E-state index in [4.69, 9.17) is 0 Å². The first-order valence-corrected chi connectivity index (χ1v) is 7.29. The van der Waals surface area contributed by atoms with E-state index in [2.05, 4.69) is 59.0 Å². The lowest BCUT2D eigenvalue weighted by Gasteiger charge is -2.25. The minimum absolute atomic E-state index is 0.177. The van der Waals surface area contributed by atoms with Gasteiger partial charge in [0.25, 0.3) is 0 Å². The fraction of sp³-hybridized carbons (Fsp3) is 0.647.